The summed E-state index contributed by atoms with van der Waals surface area (Å²) in [4.78, 5) is 0. The number of methoxy groups -OCH3 is 1. The van der Waals surface area contributed by atoms with E-state index < -0.39 is 0 Å². The summed E-state index contributed by atoms with van der Waals surface area (Å²) < 4.78 is 11.1. The smallest absolute Gasteiger partial charge is 0.188 e. The van der Waals surface area contributed by atoms with Crippen LogP contribution < -0.4 is 4.74 Å². The molecule has 0 spiro atoms. The van der Waals surface area contributed by atoms with Crippen LogP contribution in [0.15, 0.2) is 30.9 Å². The number of hydrogen-bond donors (Lipinski definition) is 0. The number of ether oxygens (including phenoxy) is 2. The summed E-state index contributed by atoms with van der Waals surface area (Å²) >= 11 is 3.37. The molecule has 0 saturated carbocycles. The summed E-state index contributed by atoms with van der Waals surface area (Å²) in [5.74, 6) is 0.761. The third-order valence-corrected chi connectivity index (χ3v) is 2.41. The van der Waals surface area contributed by atoms with E-state index in [1.165, 1.54) is 0 Å². The lowest BCUT2D eigenvalue weighted by Gasteiger charge is -2.10. The van der Waals surface area contributed by atoms with Crippen molar-refractivity contribution in [2.24, 2.45) is 0 Å². The third kappa shape index (κ3) is 3.51. The Kier molecular flexibility index (Phi) is 5.29. The molecule has 0 fully saturated rings. The van der Waals surface area contributed by atoms with Crippen molar-refractivity contribution in [1.82, 2.24) is 0 Å². The molecule has 0 unspecified atom stereocenters. The van der Waals surface area contributed by atoms with E-state index in [-0.39, 0.29) is 6.79 Å². The molecule has 0 aliphatic heterocycles. The molecular weight excluding hydrogens is 268 g/mol. The first-order chi connectivity index (χ1) is 7.69. The van der Waals surface area contributed by atoms with Gasteiger partial charge in [0, 0.05) is 17.2 Å². The summed E-state index contributed by atoms with van der Waals surface area (Å²) in [6.45, 7) is 6.08. The molecule has 1 aromatic rings. The van der Waals surface area contributed by atoms with Crippen molar-refractivity contribution in [2.75, 3.05) is 13.9 Å². The third-order valence-electron chi connectivity index (χ3n) is 1.99. The second-order valence-corrected chi connectivity index (χ2v) is 4.17. The van der Waals surface area contributed by atoms with Crippen molar-refractivity contribution in [1.29, 1.82) is 0 Å². The average Bonchev–Trinajstić information content (AvgIpc) is 2.27. The highest BCUT2D eigenvalue weighted by Gasteiger charge is 2.06. The normalized spacial score (nSPS) is 10.7. The molecule has 0 bridgehead atoms. The molecule has 0 heterocycles. The predicted octanol–water partition coefficient (Wildman–Crippen LogP) is 4.07. The standard InChI is InChI=1S/C13H15BrO2/c1-4-5-11-6-7-13(16-9-15-3)12(8-11)10(2)14/h4-8H,2,9H2,1,3H3/b5-4+. The summed E-state index contributed by atoms with van der Waals surface area (Å²) in [5, 5.41) is 0. The van der Waals surface area contributed by atoms with Crippen molar-refractivity contribution in [3.63, 3.8) is 0 Å². The van der Waals surface area contributed by atoms with Gasteiger partial charge in [0.05, 0.1) is 0 Å². The fourth-order valence-electron chi connectivity index (χ4n) is 1.30. The Balaban J connectivity index is 3.04. The molecule has 2 nitrogen and oxygen atoms in total. The van der Waals surface area contributed by atoms with Gasteiger partial charge in [-0.05, 0) is 24.6 Å². The predicted molar refractivity (Wildman–Crippen MR) is 71.6 cm³/mol. The highest BCUT2D eigenvalue weighted by atomic mass is 79.9. The number of allylic oxidation sites excluding steroid dienone is 1. The van der Waals surface area contributed by atoms with Crippen LogP contribution in [0.2, 0.25) is 0 Å². The van der Waals surface area contributed by atoms with Crippen LogP contribution in [-0.4, -0.2) is 13.9 Å². The van der Waals surface area contributed by atoms with Crippen LogP contribution in [0.5, 0.6) is 5.75 Å². The van der Waals surface area contributed by atoms with E-state index in [9.17, 15) is 0 Å². The van der Waals surface area contributed by atoms with Gasteiger partial charge in [-0.3, -0.25) is 0 Å². The first kappa shape index (κ1) is 13.0. The number of rotatable bonds is 5. The molecule has 0 radical (unpaired) electrons. The van der Waals surface area contributed by atoms with E-state index in [2.05, 4.69) is 22.5 Å². The first-order valence-corrected chi connectivity index (χ1v) is 5.71. The van der Waals surface area contributed by atoms with E-state index in [1.54, 1.807) is 7.11 Å². The van der Waals surface area contributed by atoms with E-state index in [0.29, 0.717) is 0 Å². The van der Waals surface area contributed by atoms with Crippen LogP contribution in [0.4, 0.5) is 0 Å². The van der Waals surface area contributed by atoms with E-state index in [4.69, 9.17) is 9.47 Å². The molecule has 0 amide bonds. The Bertz CT molecular complexity index is 397. The average molecular weight is 283 g/mol. The maximum atomic E-state index is 5.44. The Morgan fingerprint density at radius 1 is 1.50 bits per heavy atom. The van der Waals surface area contributed by atoms with Crippen molar-refractivity contribution >= 4 is 26.5 Å². The van der Waals surface area contributed by atoms with Gasteiger partial charge in [-0.25, -0.2) is 0 Å². The SMILES string of the molecule is C=C(Br)c1cc(/C=C/C)ccc1OCOC. The second kappa shape index (κ2) is 6.51. The van der Waals surface area contributed by atoms with Gasteiger partial charge in [0.15, 0.2) is 6.79 Å². The van der Waals surface area contributed by atoms with Crippen LogP contribution >= 0.6 is 15.9 Å². The van der Waals surface area contributed by atoms with Crippen molar-refractivity contribution in [2.45, 2.75) is 6.92 Å². The number of hydrogen-bond acceptors (Lipinski definition) is 2. The van der Waals surface area contributed by atoms with Crippen LogP contribution in [-0.2, 0) is 4.74 Å². The Hall–Kier alpha value is -1.06. The van der Waals surface area contributed by atoms with Gasteiger partial charge in [-0.1, -0.05) is 40.7 Å². The molecule has 86 valence electrons. The number of halogens is 1. The van der Waals surface area contributed by atoms with E-state index in [0.717, 1.165) is 21.4 Å². The van der Waals surface area contributed by atoms with Crippen LogP contribution in [0.1, 0.15) is 18.1 Å². The van der Waals surface area contributed by atoms with Crippen molar-refractivity contribution < 1.29 is 9.47 Å². The highest BCUT2D eigenvalue weighted by Crippen LogP contribution is 2.30. The van der Waals surface area contributed by atoms with Gasteiger partial charge in [-0.2, -0.15) is 0 Å². The topological polar surface area (TPSA) is 18.5 Å². The van der Waals surface area contributed by atoms with Crippen molar-refractivity contribution in [3.05, 3.63) is 42.0 Å². The minimum absolute atomic E-state index is 0.232. The monoisotopic (exact) mass is 282 g/mol. The molecule has 0 atom stereocenters. The minimum atomic E-state index is 0.232. The van der Waals surface area contributed by atoms with Gasteiger partial charge >= 0.3 is 0 Å². The van der Waals surface area contributed by atoms with E-state index >= 15 is 0 Å². The zero-order valence-electron chi connectivity index (χ0n) is 9.50. The summed E-state index contributed by atoms with van der Waals surface area (Å²) in [6, 6.07) is 5.92. The molecule has 0 aromatic heterocycles. The molecule has 0 aliphatic rings. The van der Waals surface area contributed by atoms with Crippen LogP contribution in [0.3, 0.4) is 0 Å². The fraction of sp³-hybridized carbons (Fsp3) is 0.231. The van der Waals surface area contributed by atoms with Crippen molar-refractivity contribution in [3.8, 4) is 5.75 Å². The molecule has 0 N–H and O–H groups in total. The van der Waals surface area contributed by atoms with Gasteiger partial charge in [0.25, 0.3) is 0 Å². The molecule has 1 rings (SSSR count). The van der Waals surface area contributed by atoms with Gasteiger partial charge < -0.3 is 9.47 Å². The second-order valence-electron chi connectivity index (χ2n) is 3.21. The molecule has 0 saturated heterocycles. The van der Waals surface area contributed by atoms with Crippen LogP contribution in [0.25, 0.3) is 10.6 Å². The summed E-state index contributed by atoms with van der Waals surface area (Å²) in [7, 11) is 1.59. The maximum Gasteiger partial charge on any atom is 0.188 e. The summed E-state index contributed by atoms with van der Waals surface area (Å²) in [6.07, 6.45) is 4.02. The van der Waals surface area contributed by atoms with Gasteiger partial charge in [0.2, 0.25) is 0 Å². The molecule has 16 heavy (non-hydrogen) atoms. The maximum absolute atomic E-state index is 5.44. The molecule has 1 aromatic carbocycles. The minimum Gasteiger partial charge on any atom is -0.467 e. The lowest BCUT2D eigenvalue weighted by atomic mass is 10.1. The zero-order valence-corrected chi connectivity index (χ0v) is 11.1. The first-order valence-electron chi connectivity index (χ1n) is 4.92. The largest absolute Gasteiger partial charge is 0.467 e. The fourth-order valence-corrected chi connectivity index (χ4v) is 1.61. The summed E-state index contributed by atoms with van der Waals surface area (Å²) in [5.41, 5.74) is 2.05. The van der Waals surface area contributed by atoms with Crippen LogP contribution in [0, 0.1) is 0 Å². The zero-order chi connectivity index (χ0) is 12.0. The number of benzene rings is 1. The van der Waals surface area contributed by atoms with Gasteiger partial charge in [-0.15, -0.1) is 0 Å². The molecule has 0 aliphatic carbocycles. The quantitative estimate of drug-likeness (QED) is 0.758. The van der Waals surface area contributed by atoms with Gasteiger partial charge in [0.1, 0.15) is 5.75 Å². The Labute approximate surface area is 105 Å². The van der Waals surface area contributed by atoms with E-state index in [1.807, 2.05) is 37.3 Å². The lowest BCUT2D eigenvalue weighted by Crippen LogP contribution is -2.00. The lowest BCUT2D eigenvalue weighted by molar-refractivity contribution is 0.0509. The Morgan fingerprint density at radius 2 is 2.25 bits per heavy atom. The highest BCUT2D eigenvalue weighted by molar-refractivity contribution is 9.15. The molecule has 3 heteroatoms. The Morgan fingerprint density at radius 3 is 2.81 bits per heavy atom. The molecular formula is C13H15BrO2.